The summed E-state index contributed by atoms with van der Waals surface area (Å²) in [6.45, 7) is 6.77. The van der Waals surface area contributed by atoms with Crippen LogP contribution in [0.15, 0.2) is 29.3 Å². The minimum atomic E-state index is -0.0576. The largest absolute Gasteiger partial charge is 0.370 e. The summed E-state index contributed by atoms with van der Waals surface area (Å²) in [6.07, 6.45) is 0.798. The Morgan fingerprint density at radius 3 is 2.59 bits per heavy atom. The van der Waals surface area contributed by atoms with Gasteiger partial charge in [0.2, 0.25) is 0 Å². The second-order valence-corrected chi connectivity index (χ2v) is 5.39. The molecule has 1 aromatic rings. The van der Waals surface area contributed by atoms with E-state index in [-0.39, 0.29) is 5.54 Å². The Morgan fingerprint density at radius 1 is 1.35 bits per heavy atom. The number of hydrogen-bond acceptors (Lipinski definition) is 1. The van der Waals surface area contributed by atoms with Gasteiger partial charge in [0.15, 0.2) is 5.96 Å². The summed E-state index contributed by atoms with van der Waals surface area (Å²) in [5, 5.41) is 3.90. The molecule has 0 heterocycles. The van der Waals surface area contributed by atoms with Crippen molar-refractivity contribution in [3.63, 3.8) is 0 Å². The molecule has 0 spiro atoms. The molecule has 4 heteroatoms. The number of nitrogens with one attached hydrogen (secondary N) is 1. The van der Waals surface area contributed by atoms with Gasteiger partial charge < -0.3 is 11.1 Å². The van der Waals surface area contributed by atoms with Gasteiger partial charge in [-0.15, -0.1) is 0 Å². The molecule has 0 unspecified atom stereocenters. The lowest BCUT2D eigenvalue weighted by molar-refractivity contribution is 0.508. The quantitative estimate of drug-likeness (QED) is 0.643. The van der Waals surface area contributed by atoms with Gasteiger partial charge in [-0.3, -0.25) is 4.99 Å². The van der Waals surface area contributed by atoms with E-state index in [0.717, 1.165) is 17.0 Å². The lowest BCUT2D eigenvalue weighted by atomic mass is 10.1. The SMILES string of the molecule is CC(C)(C)NC(N)=NCCc1ccccc1Cl. The van der Waals surface area contributed by atoms with Crippen LogP contribution >= 0.6 is 11.6 Å². The molecule has 0 aromatic heterocycles. The molecule has 0 saturated carbocycles. The van der Waals surface area contributed by atoms with Gasteiger partial charge in [-0.1, -0.05) is 29.8 Å². The van der Waals surface area contributed by atoms with Crippen molar-refractivity contribution >= 4 is 17.6 Å². The highest BCUT2D eigenvalue weighted by molar-refractivity contribution is 6.31. The second-order valence-electron chi connectivity index (χ2n) is 4.98. The highest BCUT2D eigenvalue weighted by Gasteiger charge is 2.09. The fourth-order valence-corrected chi connectivity index (χ4v) is 1.65. The zero-order chi connectivity index (χ0) is 12.9. The van der Waals surface area contributed by atoms with Crippen LogP contribution in [0, 0.1) is 0 Å². The van der Waals surface area contributed by atoms with Gasteiger partial charge in [0, 0.05) is 17.1 Å². The summed E-state index contributed by atoms with van der Waals surface area (Å²) in [5.41, 5.74) is 6.81. The van der Waals surface area contributed by atoms with Gasteiger partial charge in [-0.05, 0) is 38.8 Å². The number of halogens is 1. The van der Waals surface area contributed by atoms with Crippen LogP contribution in [0.2, 0.25) is 5.02 Å². The van der Waals surface area contributed by atoms with E-state index in [0.29, 0.717) is 12.5 Å². The normalized spacial score (nSPS) is 12.6. The summed E-state index contributed by atoms with van der Waals surface area (Å²) < 4.78 is 0. The Labute approximate surface area is 108 Å². The fourth-order valence-electron chi connectivity index (χ4n) is 1.42. The lowest BCUT2D eigenvalue weighted by Crippen LogP contribution is -2.45. The molecule has 94 valence electrons. The molecule has 3 N–H and O–H groups in total. The van der Waals surface area contributed by atoms with Gasteiger partial charge in [0.25, 0.3) is 0 Å². The standard InChI is InChI=1S/C13H20ClN3/c1-13(2,3)17-12(15)16-9-8-10-6-4-5-7-11(10)14/h4-7H,8-9H2,1-3H3,(H3,15,16,17). The molecular formula is C13H20ClN3. The third kappa shape index (κ3) is 5.59. The Morgan fingerprint density at radius 2 is 2.00 bits per heavy atom. The summed E-state index contributed by atoms with van der Waals surface area (Å²) in [6, 6.07) is 7.79. The molecule has 3 nitrogen and oxygen atoms in total. The van der Waals surface area contributed by atoms with Crippen LogP contribution in [0.5, 0.6) is 0 Å². The van der Waals surface area contributed by atoms with E-state index in [1.165, 1.54) is 0 Å². The summed E-state index contributed by atoms with van der Waals surface area (Å²) in [5.74, 6) is 0.476. The van der Waals surface area contributed by atoms with Crippen molar-refractivity contribution in [2.75, 3.05) is 6.54 Å². The minimum absolute atomic E-state index is 0.0576. The summed E-state index contributed by atoms with van der Waals surface area (Å²) in [4.78, 5) is 4.27. The predicted molar refractivity (Wildman–Crippen MR) is 74.5 cm³/mol. The molecule has 0 atom stereocenters. The van der Waals surface area contributed by atoms with Gasteiger partial charge in [-0.25, -0.2) is 0 Å². The number of benzene rings is 1. The third-order valence-corrected chi connectivity index (χ3v) is 2.49. The van der Waals surface area contributed by atoms with E-state index in [1.807, 2.05) is 45.0 Å². The van der Waals surface area contributed by atoms with Crippen LogP contribution in [-0.4, -0.2) is 18.0 Å². The summed E-state index contributed by atoms with van der Waals surface area (Å²) in [7, 11) is 0. The minimum Gasteiger partial charge on any atom is -0.370 e. The van der Waals surface area contributed by atoms with Gasteiger partial charge in [-0.2, -0.15) is 0 Å². The molecule has 0 aliphatic carbocycles. The molecule has 17 heavy (non-hydrogen) atoms. The first kappa shape index (κ1) is 13.8. The number of aliphatic imine (C=N–C) groups is 1. The Balaban J connectivity index is 2.47. The highest BCUT2D eigenvalue weighted by Crippen LogP contribution is 2.15. The van der Waals surface area contributed by atoms with Gasteiger partial charge in [0.1, 0.15) is 0 Å². The van der Waals surface area contributed by atoms with E-state index in [4.69, 9.17) is 17.3 Å². The molecule has 1 aromatic carbocycles. The van der Waals surface area contributed by atoms with Crippen molar-refractivity contribution in [2.45, 2.75) is 32.7 Å². The first-order valence-corrected chi connectivity index (χ1v) is 6.08. The zero-order valence-corrected chi connectivity index (χ0v) is 11.4. The second kappa shape index (κ2) is 5.92. The molecule has 0 fully saturated rings. The number of guanidine groups is 1. The van der Waals surface area contributed by atoms with E-state index >= 15 is 0 Å². The number of nitrogens with zero attached hydrogens (tertiary/aromatic N) is 1. The highest BCUT2D eigenvalue weighted by atomic mass is 35.5. The monoisotopic (exact) mass is 253 g/mol. The van der Waals surface area contributed by atoms with Crippen molar-refractivity contribution in [3.8, 4) is 0 Å². The van der Waals surface area contributed by atoms with Crippen LogP contribution in [0.25, 0.3) is 0 Å². The number of nitrogens with two attached hydrogens (primary N) is 1. The van der Waals surface area contributed by atoms with E-state index < -0.39 is 0 Å². The maximum Gasteiger partial charge on any atom is 0.188 e. The smallest absolute Gasteiger partial charge is 0.188 e. The Bertz CT molecular complexity index is 394. The van der Waals surface area contributed by atoms with Crippen molar-refractivity contribution < 1.29 is 0 Å². The molecule has 1 rings (SSSR count). The number of rotatable bonds is 3. The van der Waals surface area contributed by atoms with E-state index in [1.54, 1.807) is 0 Å². The Hall–Kier alpha value is -1.22. The third-order valence-electron chi connectivity index (χ3n) is 2.12. The fraction of sp³-hybridized carbons (Fsp3) is 0.462. The maximum absolute atomic E-state index is 6.05. The average Bonchev–Trinajstić information content (AvgIpc) is 2.18. The van der Waals surface area contributed by atoms with E-state index in [2.05, 4.69) is 10.3 Å². The van der Waals surface area contributed by atoms with Crippen LogP contribution < -0.4 is 11.1 Å². The van der Waals surface area contributed by atoms with Crippen LogP contribution in [0.4, 0.5) is 0 Å². The van der Waals surface area contributed by atoms with Gasteiger partial charge in [0.05, 0.1) is 0 Å². The Kier molecular flexibility index (Phi) is 4.82. The summed E-state index contributed by atoms with van der Waals surface area (Å²) >= 11 is 6.05. The van der Waals surface area contributed by atoms with Crippen molar-refractivity contribution in [1.82, 2.24) is 5.32 Å². The molecule has 0 aliphatic heterocycles. The van der Waals surface area contributed by atoms with Crippen LogP contribution in [0.3, 0.4) is 0 Å². The molecule has 0 radical (unpaired) electrons. The number of hydrogen-bond donors (Lipinski definition) is 2. The topological polar surface area (TPSA) is 50.4 Å². The zero-order valence-electron chi connectivity index (χ0n) is 10.6. The first-order valence-electron chi connectivity index (χ1n) is 5.70. The molecule has 0 amide bonds. The lowest BCUT2D eigenvalue weighted by Gasteiger charge is -2.20. The van der Waals surface area contributed by atoms with Crippen molar-refractivity contribution in [3.05, 3.63) is 34.9 Å². The first-order chi connectivity index (χ1) is 7.88. The van der Waals surface area contributed by atoms with Crippen molar-refractivity contribution in [2.24, 2.45) is 10.7 Å². The average molecular weight is 254 g/mol. The van der Waals surface area contributed by atoms with Crippen LogP contribution in [-0.2, 0) is 6.42 Å². The van der Waals surface area contributed by atoms with Gasteiger partial charge >= 0.3 is 0 Å². The van der Waals surface area contributed by atoms with Crippen molar-refractivity contribution in [1.29, 1.82) is 0 Å². The molecule has 0 bridgehead atoms. The molecule has 0 aliphatic rings. The van der Waals surface area contributed by atoms with Crippen LogP contribution in [0.1, 0.15) is 26.3 Å². The predicted octanol–water partition coefficient (Wildman–Crippen LogP) is 2.59. The molecular weight excluding hydrogens is 234 g/mol. The maximum atomic E-state index is 6.05. The molecule has 0 saturated heterocycles. The van der Waals surface area contributed by atoms with E-state index in [9.17, 15) is 0 Å².